The van der Waals surface area contributed by atoms with Gasteiger partial charge >= 0.3 is 0 Å². The van der Waals surface area contributed by atoms with Gasteiger partial charge in [0.15, 0.2) is 23.2 Å². The van der Waals surface area contributed by atoms with Gasteiger partial charge in [-0.25, -0.2) is 8.78 Å². The number of rotatable bonds is 7. The summed E-state index contributed by atoms with van der Waals surface area (Å²) in [6.45, 7) is 1.37. The van der Waals surface area contributed by atoms with E-state index in [1.165, 1.54) is 16.8 Å². The van der Waals surface area contributed by atoms with E-state index >= 15 is 0 Å². The first-order valence-electron chi connectivity index (χ1n) is 8.20. The van der Waals surface area contributed by atoms with Crippen LogP contribution in [0, 0.1) is 30.2 Å². The third-order valence-electron chi connectivity index (χ3n) is 3.77. The maximum Gasteiger partial charge on any atom is 0.203 e. The highest BCUT2D eigenvalue weighted by Crippen LogP contribution is 2.29. The Morgan fingerprint density at radius 2 is 1.82 bits per heavy atom. The summed E-state index contributed by atoms with van der Waals surface area (Å²) < 4.78 is 57.9. The molecule has 3 rings (SSSR count). The van der Waals surface area contributed by atoms with E-state index in [0.717, 1.165) is 10.5 Å². The minimum Gasteiger partial charge on any atom is -0.479 e. The average molecular weight is 413 g/mol. The lowest BCUT2D eigenvalue weighted by Gasteiger charge is -2.14. The van der Waals surface area contributed by atoms with Crippen molar-refractivity contribution in [1.82, 2.24) is 5.01 Å². The van der Waals surface area contributed by atoms with E-state index < -0.39 is 41.4 Å². The zero-order valence-corrected chi connectivity index (χ0v) is 15.5. The van der Waals surface area contributed by atoms with Gasteiger partial charge in [0.25, 0.3) is 0 Å². The third-order valence-corrected chi connectivity index (χ3v) is 4.83. The smallest absolute Gasteiger partial charge is 0.203 e. The summed E-state index contributed by atoms with van der Waals surface area (Å²) in [6, 6.07) is 7.92. The van der Waals surface area contributed by atoms with Gasteiger partial charge < -0.3 is 4.74 Å². The fourth-order valence-electron chi connectivity index (χ4n) is 2.39. The fourth-order valence-corrected chi connectivity index (χ4v) is 3.34. The fraction of sp³-hybridized carbons (Fsp3) is 0.278. The SMILES string of the molecule is Cc1ccc(SC2CN(CC(=O)COc3c(F)c(F)cc(F)c3F)N=N2)cc1. The molecule has 0 radical (unpaired) electrons. The van der Waals surface area contributed by atoms with Gasteiger partial charge in [0.1, 0.15) is 18.5 Å². The van der Waals surface area contributed by atoms with Crippen molar-refractivity contribution in [3.8, 4) is 5.75 Å². The highest BCUT2D eigenvalue weighted by atomic mass is 32.2. The van der Waals surface area contributed by atoms with Crippen molar-refractivity contribution in [2.75, 3.05) is 19.7 Å². The predicted octanol–water partition coefficient (Wildman–Crippen LogP) is 4.30. The van der Waals surface area contributed by atoms with Gasteiger partial charge in [0, 0.05) is 11.0 Å². The number of benzene rings is 2. The number of nitrogens with zero attached hydrogens (tertiary/aromatic N) is 3. The van der Waals surface area contributed by atoms with Gasteiger partial charge in [-0.1, -0.05) is 34.7 Å². The van der Waals surface area contributed by atoms with E-state index in [2.05, 4.69) is 15.1 Å². The maximum absolute atomic E-state index is 13.5. The number of carbonyl (C=O) groups is 1. The Morgan fingerprint density at radius 3 is 2.46 bits per heavy atom. The monoisotopic (exact) mass is 413 g/mol. The zero-order chi connectivity index (χ0) is 20.3. The molecule has 0 bridgehead atoms. The van der Waals surface area contributed by atoms with Crippen molar-refractivity contribution in [3.05, 3.63) is 59.2 Å². The Bertz CT molecular complexity index is 882. The molecule has 28 heavy (non-hydrogen) atoms. The molecule has 0 spiro atoms. The van der Waals surface area contributed by atoms with Crippen LogP contribution in [0.1, 0.15) is 5.56 Å². The number of hydrogen-bond donors (Lipinski definition) is 0. The first kappa shape index (κ1) is 20.1. The second-order valence-corrected chi connectivity index (χ2v) is 7.31. The molecule has 0 fully saturated rings. The van der Waals surface area contributed by atoms with E-state index in [-0.39, 0.29) is 18.0 Å². The standard InChI is InChI=1S/C18H15F4N3O2S/c1-10-2-4-12(5-3-10)28-15-8-25(24-23-15)7-11(26)9-27-18-16(21)13(19)6-14(20)17(18)22/h2-6,15H,7-9H2,1H3. The van der Waals surface area contributed by atoms with Crippen LogP contribution in [0.5, 0.6) is 5.75 Å². The molecule has 1 heterocycles. The normalized spacial score (nSPS) is 15.9. The number of hydrogen-bond acceptors (Lipinski definition) is 6. The molecule has 5 nitrogen and oxygen atoms in total. The summed E-state index contributed by atoms with van der Waals surface area (Å²) in [7, 11) is 0. The van der Waals surface area contributed by atoms with Crippen LogP contribution in [0.15, 0.2) is 45.6 Å². The number of Topliss-reactive ketones (excluding diaryl/α,β-unsaturated/α-hetero) is 1. The van der Waals surface area contributed by atoms with Crippen LogP contribution in [0.3, 0.4) is 0 Å². The van der Waals surface area contributed by atoms with E-state index in [4.69, 9.17) is 0 Å². The van der Waals surface area contributed by atoms with E-state index in [0.29, 0.717) is 6.54 Å². The summed E-state index contributed by atoms with van der Waals surface area (Å²) in [6.07, 6.45) is 0. The van der Waals surface area contributed by atoms with Gasteiger partial charge in [-0.05, 0) is 19.1 Å². The molecule has 1 unspecified atom stereocenters. The predicted molar refractivity (Wildman–Crippen MR) is 94.0 cm³/mol. The topological polar surface area (TPSA) is 54.3 Å². The van der Waals surface area contributed by atoms with Crippen molar-refractivity contribution in [1.29, 1.82) is 0 Å². The highest BCUT2D eigenvalue weighted by Gasteiger charge is 2.24. The van der Waals surface area contributed by atoms with E-state index in [9.17, 15) is 22.4 Å². The summed E-state index contributed by atoms with van der Waals surface area (Å²) in [5.74, 6) is -8.44. The number of ether oxygens (including phenoxy) is 1. The van der Waals surface area contributed by atoms with Gasteiger partial charge in [-0.15, -0.1) is 0 Å². The molecule has 1 aliphatic rings. The lowest BCUT2D eigenvalue weighted by Crippen LogP contribution is -2.29. The third kappa shape index (κ3) is 4.80. The molecule has 2 aromatic carbocycles. The van der Waals surface area contributed by atoms with E-state index in [1.807, 2.05) is 31.2 Å². The molecule has 0 N–H and O–H groups in total. The molecular weight excluding hydrogens is 398 g/mol. The van der Waals surface area contributed by atoms with Crippen LogP contribution in [-0.4, -0.2) is 35.9 Å². The maximum atomic E-state index is 13.5. The molecular formula is C18H15F4N3O2S. The van der Waals surface area contributed by atoms with E-state index in [1.54, 1.807) is 0 Å². The lowest BCUT2D eigenvalue weighted by molar-refractivity contribution is -0.122. The number of thioether (sulfide) groups is 1. The summed E-state index contributed by atoms with van der Waals surface area (Å²) in [5.41, 5.74) is 1.13. The largest absolute Gasteiger partial charge is 0.479 e. The molecule has 148 valence electrons. The lowest BCUT2D eigenvalue weighted by atomic mass is 10.2. The molecule has 0 aromatic heterocycles. The van der Waals surface area contributed by atoms with Crippen LogP contribution in [0.25, 0.3) is 0 Å². The zero-order valence-electron chi connectivity index (χ0n) is 14.7. The van der Waals surface area contributed by atoms with Gasteiger partial charge in [-0.3, -0.25) is 9.80 Å². The first-order chi connectivity index (χ1) is 13.3. The molecule has 0 saturated heterocycles. The molecule has 1 aliphatic heterocycles. The van der Waals surface area contributed by atoms with Crippen LogP contribution in [0.2, 0.25) is 0 Å². The molecule has 10 heteroatoms. The van der Waals surface area contributed by atoms with Crippen LogP contribution < -0.4 is 4.74 Å². The quantitative estimate of drug-likeness (QED) is 0.502. The average Bonchev–Trinajstić information content (AvgIpc) is 3.08. The Kier molecular flexibility index (Phi) is 6.18. The first-order valence-corrected chi connectivity index (χ1v) is 9.08. The molecule has 2 aromatic rings. The van der Waals surface area contributed by atoms with Crippen LogP contribution in [0.4, 0.5) is 17.6 Å². The van der Waals surface area contributed by atoms with Gasteiger partial charge in [-0.2, -0.15) is 13.9 Å². The summed E-state index contributed by atoms with van der Waals surface area (Å²) >= 11 is 1.48. The Labute approximate surface area is 162 Å². The van der Waals surface area contributed by atoms with Crippen molar-refractivity contribution in [3.63, 3.8) is 0 Å². The van der Waals surface area contributed by atoms with Gasteiger partial charge in [0.05, 0.1) is 6.54 Å². The Balaban J connectivity index is 1.50. The molecule has 0 amide bonds. The minimum absolute atomic E-state index is 0.0653. The van der Waals surface area contributed by atoms with Crippen molar-refractivity contribution in [2.24, 2.45) is 10.3 Å². The number of carbonyl (C=O) groups excluding carboxylic acids is 1. The summed E-state index contributed by atoms with van der Waals surface area (Å²) in [4.78, 5) is 13.0. The highest BCUT2D eigenvalue weighted by molar-refractivity contribution is 8.00. The minimum atomic E-state index is -1.69. The second-order valence-electron chi connectivity index (χ2n) is 6.06. The van der Waals surface area contributed by atoms with Crippen LogP contribution in [-0.2, 0) is 4.79 Å². The summed E-state index contributed by atoms with van der Waals surface area (Å²) in [5, 5.41) is 9.12. The molecule has 1 atom stereocenters. The van der Waals surface area contributed by atoms with Crippen molar-refractivity contribution in [2.45, 2.75) is 17.2 Å². The molecule has 0 saturated carbocycles. The van der Waals surface area contributed by atoms with Gasteiger partial charge in [0.2, 0.25) is 11.6 Å². The van der Waals surface area contributed by atoms with Crippen molar-refractivity contribution >= 4 is 17.5 Å². The number of halogens is 4. The van der Waals surface area contributed by atoms with Crippen LogP contribution >= 0.6 is 11.8 Å². The number of aryl methyl sites for hydroxylation is 1. The molecule has 0 aliphatic carbocycles. The Hall–Kier alpha value is -2.62. The number of ketones is 1. The Morgan fingerprint density at radius 1 is 1.18 bits per heavy atom. The van der Waals surface area contributed by atoms with Crippen molar-refractivity contribution < 1.29 is 27.1 Å². The second kappa shape index (κ2) is 8.59.